The number of hydrogen-bond donors (Lipinski definition) is 1. The van der Waals surface area contributed by atoms with Crippen molar-refractivity contribution >= 4 is 15.9 Å². The molecule has 35 heavy (non-hydrogen) atoms. The highest BCUT2D eigenvalue weighted by Gasteiger charge is 2.55. The van der Waals surface area contributed by atoms with Crippen molar-refractivity contribution in [2.45, 2.75) is 46.5 Å². The molecule has 0 radical (unpaired) electrons. The SMILES string of the molecule is CCOc1cc([C@@H]2[C@H]3C[C@@H](C(C)(C)C)CC=C3C(C#N)=C(N)C2(C#N)C#N)c(Br)cc1OCC#N. The lowest BCUT2D eigenvalue weighted by molar-refractivity contribution is 0.170. The molecule has 0 aliphatic heterocycles. The fourth-order valence-corrected chi connectivity index (χ4v) is 5.79. The van der Waals surface area contributed by atoms with Gasteiger partial charge in [0.1, 0.15) is 12.1 Å². The number of allylic oxidation sites excluding steroid dienone is 4. The Kier molecular flexibility index (Phi) is 7.50. The van der Waals surface area contributed by atoms with Gasteiger partial charge in [0, 0.05) is 10.4 Å². The summed E-state index contributed by atoms with van der Waals surface area (Å²) in [6.45, 7) is 8.57. The summed E-state index contributed by atoms with van der Waals surface area (Å²) in [4.78, 5) is 0. The summed E-state index contributed by atoms with van der Waals surface area (Å²) >= 11 is 3.61. The first-order valence-corrected chi connectivity index (χ1v) is 12.3. The Morgan fingerprint density at radius 1 is 1.11 bits per heavy atom. The van der Waals surface area contributed by atoms with Gasteiger partial charge in [0.25, 0.3) is 0 Å². The maximum Gasteiger partial charge on any atom is 0.191 e. The lowest BCUT2D eigenvalue weighted by atomic mass is 9.54. The summed E-state index contributed by atoms with van der Waals surface area (Å²) in [7, 11) is 0. The van der Waals surface area contributed by atoms with Crippen LogP contribution in [0, 0.1) is 68.0 Å². The highest BCUT2D eigenvalue weighted by atomic mass is 79.9. The van der Waals surface area contributed by atoms with Gasteiger partial charge in [0.15, 0.2) is 23.5 Å². The summed E-state index contributed by atoms with van der Waals surface area (Å²) in [5.74, 6) is 0.160. The van der Waals surface area contributed by atoms with E-state index in [2.05, 4.69) is 61.0 Å². The monoisotopic (exact) mass is 533 g/mol. The second-order valence-corrected chi connectivity index (χ2v) is 10.8. The topological polar surface area (TPSA) is 140 Å². The largest absolute Gasteiger partial charge is 0.490 e. The van der Waals surface area contributed by atoms with Crippen LogP contribution in [-0.4, -0.2) is 13.2 Å². The van der Waals surface area contributed by atoms with Crippen molar-refractivity contribution in [1.82, 2.24) is 0 Å². The molecule has 1 aromatic rings. The van der Waals surface area contributed by atoms with E-state index in [4.69, 9.17) is 20.5 Å². The van der Waals surface area contributed by atoms with E-state index in [0.29, 0.717) is 34.6 Å². The molecule has 0 saturated heterocycles. The third kappa shape index (κ3) is 4.48. The zero-order valence-electron chi connectivity index (χ0n) is 20.4. The van der Waals surface area contributed by atoms with E-state index >= 15 is 0 Å². The summed E-state index contributed by atoms with van der Waals surface area (Å²) in [5.41, 5.74) is 6.40. The zero-order valence-corrected chi connectivity index (χ0v) is 21.9. The predicted molar refractivity (Wildman–Crippen MR) is 133 cm³/mol. The molecule has 8 heteroatoms. The van der Waals surface area contributed by atoms with Crippen LogP contribution in [0.1, 0.15) is 52.0 Å². The number of hydrogen-bond acceptors (Lipinski definition) is 7. The number of nitrogens with zero attached hydrogens (tertiary/aromatic N) is 4. The van der Waals surface area contributed by atoms with E-state index in [-0.39, 0.29) is 35.1 Å². The molecule has 0 saturated carbocycles. The van der Waals surface area contributed by atoms with E-state index in [1.807, 2.05) is 13.0 Å². The first-order valence-electron chi connectivity index (χ1n) is 11.5. The number of nitrogens with two attached hydrogens (primary N) is 1. The number of nitriles is 4. The number of benzene rings is 1. The van der Waals surface area contributed by atoms with Crippen molar-refractivity contribution in [2.24, 2.45) is 28.4 Å². The van der Waals surface area contributed by atoms with Crippen LogP contribution in [0.25, 0.3) is 0 Å². The van der Waals surface area contributed by atoms with Crippen LogP contribution in [-0.2, 0) is 0 Å². The number of ether oxygens (including phenoxy) is 2. The minimum Gasteiger partial charge on any atom is -0.490 e. The van der Waals surface area contributed by atoms with Gasteiger partial charge < -0.3 is 15.2 Å². The quantitative estimate of drug-likeness (QED) is 0.517. The molecule has 2 aliphatic carbocycles. The molecule has 3 atom stereocenters. The van der Waals surface area contributed by atoms with E-state index in [1.54, 1.807) is 12.1 Å². The van der Waals surface area contributed by atoms with Gasteiger partial charge in [0.05, 0.1) is 30.0 Å². The van der Waals surface area contributed by atoms with E-state index in [0.717, 1.165) is 12.0 Å². The van der Waals surface area contributed by atoms with Crippen molar-refractivity contribution in [3.8, 4) is 35.8 Å². The smallest absolute Gasteiger partial charge is 0.191 e. The van der Waals surface area contributed by atoms with E-state index < -0.39 is 11.3 Å². The van der Waals surface area contributed by atoms with Crippen LogP contribution in [0.4, 0.5) is 0 Å². The fraction of sp³-hybridized carbons (Fsp3) is 0.481. The zero-order chi connectivity index (χ0) is 26.0. The highest BCUT2D eigenvalue weighted by molar-refractivity contribution is 9.10. The molecular weight excluding hydrogens is 506 g/mol. The Morgan fingerprint density at radius 3 is 2.31 bits per heavy atom. The maximum absolute atomic E-state index is 10.4. The molecule has 1 aromatic carbocycles. The molecule has 3 rings (SSSR count). The lowest BCUT2D eigenvalue weighted by Crippen LogP contribution is -2.44. The summed E-state index contributed by atoms with van der Waals surface area (Å²) in [6, 6.07) is 12.0. The number of halogens is 1. The molecular formula is C27H28BrN5O2. The summed E-state index contributed by atoms with van der Waals surface area (Å²) < 4.78 is 12.0. The Hall–Kier alpha value is -3.46. The van der Waals surface area contributed by atoms with E-state index in [1.165, 1.54) is 0 Å². The fourth-order valence-electron chi connectivity index (χ4n) is 5.22. The standard InChI is InChI=1S/C27H28BrN5O2/c1-5-34-22-11-19(21(28)12-23(22)35-9-8-29)24-18-10-16(26(2,3)4)6-7-17(18)20(13-30)25(33)27(24,14-31)15-32/h7,11-12,16,18,24H,5-6,9-10,33H2,1-4H3/t16-,18-,24-/m0/s1. The van der Waals surface area contributed by atoms with Gasteiger partial charge in [0.2, 0.25) is 0 Å². The van der Waals surface area contributed by atoms with Crippen LogP contribution in [0.3, 0.4) is 0 Å². The van der Waals surface area contributed by atoms with Gasteiger partial charge in [-0.25, -0.2) is 0 Å². The van der Waals surface area contributed by atoms with Crippen molar-refractivity contribution in [3.63, 3.8) is 0 Å². The molecule has 0 bridgehead atoms. The van der Waals surface area contributed by atoms with Crippen LogP contribution in [0.5, 0.6) is 11.5 Å². The molecule has 0 fully saturated rings. The van der Waals surface area contributed by atoms with Gasteiger partial charge in [-0.05, 0) is 60.3 Å². The van der Waals surface area contributed by atoms with Crippen molar-refractivity contribution in [3.05, 3.63) is 45.1 Å². The van der Waals surface area contributed by atoms with Crippen molar-refractivity contribution in [2.75, 3.05) is 13.2 Å². The normalized spacial score (nSPS) is 23.0. The predicted octanol–water partition coefficient (Wildman–Crippen LogP) is 5.62. The maximum atomic E-state index is 10.4. The Balaban J connectivity index is 2.33. The molecule has 2 aliphatic rings. The van der Waals surface area contributed by atoms with Crippen LogP contribution in [0.15, 0.2) is 39.5 Å². The molecule has 0 unspecified atom stereocenters. The van der Waals surface area contributed by atoms with E-state index in [9.17, 15) is 15.8 Å². The molecule has 7 nitrogen and oxygen atoms in total. The third-order valence-corrected chi connectivity index (χ3v) is 7.78. The van der Waals surface area contributed by atoms with Gasteiger partial charge in [-0.15, -0.1) is 0 Å². The lowest BCUT2D eigenvalue weighted by Gasteiger charge is -2.47. The van der Waals surface area contributed by atoms with Crippen molar-refractivity contribution in [1.29, 1.82) is 21.0 Å². The second kappa shape index (κ2) is 10.0. The summed E-state index contributed by atoms with van der Waals surface area (Å²) in [6.07, 6.45) is 3.55. The number of rotatable bonds is 5. The molecule has 180 valence electrons. The van der Waals surface area contributed by atoms with Gasteiger partial charge in [-0.3, -0.25) is 0 Å². The van der Waals surface area contributed by atoms with Gasteiger partial charge >= 0.3 is 0 Å². The average molecular weight is 534 g/mol. The molecule has 0 heterocycles. The minimum atomic E-state index is -1.74. The molecule has 2 N–H and O–H groups in total. The van der Waals surface area contributed by atoms with Gasteiger partial charge in [-0.1, -0.05) is 42.8 Å². The van der Waals surface area contributed by atoms with Crippen LogP contribution < -0.4 is 15.2 Å². The van der Waals surface area contributed by atoms with Crippen LogP contribution >= 0.6 is 15.9 Å². The highest BCUT2D eigenvalue weighted by Crippen LogP contribution is 2.59. The summed E-state index contributed by atoms with van der Waals surface area (Å²) in [5, 5.41) is 39.7. The second-order valence-electron chi connectivity index (χ2n) is 9.91. The molecule has 0 amide bonds. The Labute approximate surface area is 215 Å². The number of fused-ring (bicyclic) bond motifs is 1. The van der Waals surface area contributed by atoms with Crippen LogP contribution in [0.2, 0.25) is 0 Å². The first-order chi connectivity index (χ1) is 16.6. The van der Waals surface area contributed by atoms with Crippen molar-refractivity contribution < 1.29 is 9.47 Å². The molecule has 0 aromatic heterocycles. The Bertz CT molecular complexity index is 1230. The Morgan fingerprint density at radius 2 is 1.77 bits per heavy atom. The van der Waals surface area contributed by atoms with Gasteiger partial charge in [-0.2, -0.15) is 21.0 Å². The molecule has 0 spiro atoms. The minimum absolute atomic E-state index is 0.00323. The average Bonchev–Trinajstić information content (AvgIpc) is 2.83. The first kappa shape index (κ1) is 26.2. The third-order valence-electron chi connectivity index (χ3n) is 7.09.